The quantitative estimate of drug-likeness (QED) is 0.386. The summed E-state index contributed by atoms with van der Waals surface area (Å²) in [6, 6.07) is 16.1. The van der Waals surface area contributed by atoms with Crippen LogP contribution in [0.15, 0.2) is 66.4 Å². The Morgan fingerprint density at radius 1 is 1.07 bits per heavy atom. The molecule has 1 fully saturated rings. The highest BCUT2D eigenvalue weighted by Crippen LogP contribution is 2.29. The molecule has 0 spiro atoms. The number of benzene rings is 1. The van der Waals surface area contributed by atoms with Crippen molar-refractivity contribution in [2.24, 2.45) is 0 Å². The van der Waals surface area contributed by atoms with Crippen molar-refractivity contribution in [1.29, 1.82) is 0 Å². The minimum Gasteiger partial charge on any atom is -0.298 e. The summed E-state index contributed by atoms with van der Waals surface area (Å²) in [5.74, 6) is -1.00. The molecule has 0 atom stereocenters. The average molecular weight is 426 g/mol. The first kappa shape index (κ1) is 18.5. The lowest BCUT2D eigenvalue weighted by Gasteiger charge is -2.28. The van der Waals surface area contributed by atoms with Crippen LogP contribution < -0.4 is 10.2 Å². The van der Waals surface area contributed by atoms with Gasteiger partial charge in [0.2, 0.25) is 0 Å². The Morgan fingerprint density at radius 2 is 1.86 bits per heavy atom. The van der Waals surface area contributed by atoms with E-state index >= 15 is 0 Å². The zero-order valence-electron chi connectivity index (χ0n) is 14.3. The summed E-state index contributed by atoms with van der Waals surface area (Å²) in [5.41, 5.74) is 1.38. The third-order valence-electron chi connectivity index (χ3n) is 4.02. The number of rotatable bonds is 3. The van der Waals surface area contributed by atoms with Crippen LogP contribution in [0.1, 0.15) is 4.88 Å². The first-order chi connectivity index (χ1) is 13.5. The molecule has 1 aliphatic heterocycles. The number of amides is 2. The average Bonchev–Trinajstić information content (AvgIpc) is 3.16. The number of aromatic nitrogens is 1. The molecule has 3 heterocycles. The van der Waals surface area contributed by atoms with Gasteiger partial charge < -0.3 is 0 Å². The Morgan fingerprint density at radius 3 is 2.57 bits per heavy atom. The molecule has 28 heavy (non-hydrogen) atoms. The van der Waals surface area contributed by atoms with Gasteiger partial charge in [-0.3, -0.25) is 24.8 Å². The summed E-state index contributed by atoms with van der Waals surface area (Å²) in [6.45, 7) is 0. The number of carbonyl (C=O) groups is 2. The van der Waals surface area contributed by atoms with Gasteiger partial charge in [0, 0.05) is 16.1 Å². The number of anilines is 1. The van der Waals surface area contributed by atoms with Gasteiger partial charge in [0.1, 0.15) is 5.57 Å². The van der Waals surface area contributed by atoms with Crippen LogP contribution in [0.3, 0.4) is 0 Å². The number of pyridine rings is 1. The zero-order valence-corrected chi connectivity index (χ0v) is 16.6. The molecular formula is C20H12ClN3O2S2. The van der Waals surface area contributed by atoms with Crippen LogP contribution in [0.4, 0.5) is 5.69 Å². The molecule has 0 bridgehead atoms. The normalized spacial score (nSPS) is 15.8. The molecular weight excluding hydrogens is 414 g/mol. The van der Waals surface area contributed by atoms with Gasteiger partial charge in [-0.2, -0.15) is 0 Å². The van der Waals surface area contributed by atoms with Crippen LogP contribution in [-0.2, 0) is 9.59 Å². The summed E-state index contributed by atoms with van der Waals surface area (Å²) < 4.78 is 0. The van der Waals surface area contributed by atoms with Gasteiger partial charge in [-0.1, -0.05) is 17.7 Å². The van der Waals surface area contributed by atoms with Gasteiger partial charge in [-0.05, 0) is 66.8 Å². The molecule has 0 aliphatic carbocycles. The summed E-state index contributed by atoms with van der Waals surface area (Å²) in [6.07, 6.45) is 3.29. The summed E-state index contributed by atoms with van der Waals surface area (Å²) in [7, 11) is 0. The highest BCUT2D eigenvalue weighted by molar-refractivity contribution is 7.80. The monoisotopic (exact) mass is 425 g/mol. The van der Waals surface area contributed by atoms with E-state index in [2.05, 4.69) is 10.3 Å². The first-order valence-electron chi connectivity index (χ1n) is 8.21. The maximum absolute atomic E-state index is 13.0. The van der Waals surface area contributed by atoms with Gasteiger partial charge in [0.25, 0.3) is 11.8 Å². The van der Waals surface area contributed by atoms with Crippen molar-refractivity contribution in [3.8, 4) is 10.6 Å². The van der Waals surface area contributed by atoms with Crippen LogP contribution in [0.2, 0.25) is 5.02 Å². The predicted octanol–water partition coefficient (Wildman–Crippen LogP) is 4.29. The lowest BCUT2D eigenvalue weighted by Crippen LogP contribution is -2.54. The predicted molar refractivity (Wildman–Crippen MR) is 115 cm³/mol. The van der Waals surface area contributed by atoms with Crippen molar-refractivity contribution >= 4 is 63.8 Å². The second kappa shape index (κ2) is 7.63. The number of hydrogen-bond donors (Lipinski definition) is 1. The van der Waals surface area contributed by atoms with E-state index in [1.165, 1.54) is 16.2 Å². The first-order valence-corrected chi connectivity index (χ1v) is 9.81. The van der Waals surface area contributed by atoms with E-state index in [-0.39, 0.29) is 10.7 Å². The second-order valence-electron chi connectivity index (χ2n) is 5.85. The molecule has 2 aromatic heterocycles. The van der Waals surface area contributed by atoms with Crippen molar-refractivity contribution in [1.82, 2.24) is 10.3 Å². The molecule has 1 N–H and O–H groups in total. The number of halogens is 1. The molecule has 0 saturated carbocycles. The molecule has 1 aliphatic rings. The molecule has 0 radical (unpaired) electrons. The third kappa shape index (κ3) is 3.60. The van der Waals surface area contributed by atoms with Crippen molar-refractivity contribution < 1.29 is 9.59 Å². The number of hydrogen-bond acceptors (Lipinski definition) is 5. The smallest absolute Gasteiger partial charge is 0.270 e. The lowest BCUT2D eigenvalue weighted by molar-refractivity contribution is -0.122. The Hall–Kier alpha value is -2.87. The van der Waals surface area contributed by atoms with E-state index in [4.69, 9.17) is 23.8 Å². The molecule has 5 nitrogen and oxygen atoms in total. The largest absolute Gasteiger partial charge is 0.298 e. The molecule has 2 amide bonds. The van der Waals surface area contributed by atoms with Crippen molar-refractivity contribution in [2.75, 3.05) is 4.90 Å². The molecule has 4 rings (SSSR count). The van der Waals surface area contributed by atoms with Crippen LogP contribution in [0.25, 0.3) is 16.6 Å². The van der Waals surface area contributed by atoms with E-state index in [0.717, 1.165) is 15.4 Å². The maximum atomic E-state index is 13.0. The fourth-order valence-corrected chi connectivity index (χ4v) is 4.04. The SMILES string of the molecule is O=C1NC(=S)N(c2ccc(Cl)cc2)C(=O)C1=Cc1ccc(-c2ccccn2)s1. The number of carbonyl (C=O) groups excluding carboxylic acids is 2. The van der Waals surface area contributed by atoms with E-state index in [0.29, 0.717) is 10.7 Å². The lowest BCUT2D eigenvalue weighted by atomic mass is 10.1. The van der Waals surface area contributed by atoms with Gasteiger partial charge in [0.05, 0.1) is 16.3 Å². The molecule has 8 heteroatoms. The highest BCUT2D eigenvalue weighted by Gasteiger charge is 2.34. The topological polar surface area (TPSA) is 62.3 Å². The fraction of sp³-hybridized carbons (Fsp3) is 0. The number of thiophene rings is 1. The Kier molecular flexibility index (Phi) is 5.04. The second-order valence-corrected chi connectivity index (χ2v) is 7.79. The number of nitrogens with zero attached hydrogens (tertiary/aromatic N) is 2. The van der Waals surface area contributed by atoms with Crippen molar-refractivity contribution in [2.45, 2.75) is 0 Å². The zero-order chi connectivity index (χ0) is 19.7. The number of nitrogens with one attached hydrogen (secondary N) is 1. The van der Waals surface area contributed by atoms with Crippen LogP contribution >= 0.6 is 35.2 Å². The van der Waals surface area contributed by atoms with Gasteiger partial charge >= 0.3 is 0 Å². The maximum Gasteiger partial charge on any atom is 0.270 e. The van der Waals surface area contributed by atoms with Crippen molar-refractivity contribution in [3.63, 3.8) is 0 Å². The van der Waals surface area contributed by atoms with Crippen LogP contribution in [0.5, 0.6) is 0 Å². The molecule has 0 unspecified atom stereocenters. The van der Waals surface area contributed by atoms with Gasteiger partial charge in [-0.15, -0.1) is 11.3 Å². The van der Waals surface area contributed by atoms with E-state index < -0.39 is 11.8 Å². The summed E-state index contributed by atoms with van der Waals surface area (Å²) >= 11 is 12.5. The van der Waals surface area contributed by atoms with Crippen LogP contribution in [-0.4, -0.2) is 21.9 Å². The fourth-order valence-electron chi connectivity index (χ4n) is 2.70. The Bertz CT molecular complexity index is 1110. The third-order valence-corrected chi connectivity index (χ3v) is 5.61. The highest BCUT2D eigenvalue weighted by atomic mass is 35.5. The minimum atomic E-state index is -0.520. The van der Waals surface area contributed by atoms with Gasteiger partial charge in [0.15, 0.2) is 5.11 Å². The molecule has 1 aromatic carbocycles. The van der Waals surface area contributed by atoms with Gasteiger partial charge in [-0.25, -0.2) is 0 Å². The summed E-state index contributed by atoms with van der Waals surface area (Å²) in [4.78, 5) is 32.7. The Balaban J connectivity index is 1.67. The molecule has 3 aromatic rings. The number of thiocarbonyl (C=S) groups is 1. The van der Waals surface area contributed by atoms with E-state index in [9.17, 15) is 9.59 Å². The Labute approximate surface area is 175 Å². The molecule has 1 saturated heterocycles. The molecule has 138 valence electrons. The standard InChI is InChI=1S/C20H12ClN3O2S2/c21-12-4-6-13(7-5-12)24-19(26)15(18(25)23-20(24)27)11-14-8-9-17(28-14)16-3-1-2-10-22-16/h1-11H,(H,23,25,27). The minimum absolute atomic E-state index is 0.0120. The van der Waals surface area contributed by atoms with Crippen molar-refractivity contribution in [3.05, 3.63) is 76.3 Å². The van der Waals surface area contributed by atoms with E-state index in [1.807, 2.05) is 30.3 Å². The van der Waals surface area contributed by atoms with Crippen LogP contribution in [0, 0.1) is 0 Å². The van der Waals surface area contributed by atoms with E-state index in [1.54, 1.807) is 36.5 Å². The summed E-state index contributed by atoms with van der Waals surface area (Å²) in [5, 5.41) is 3.15.